The van der Waals surface area contributed by atoms with E-state index in [4.69, 9.17) is 0 Å². The molecule has 1 fully saturated rings. The molecule has 1 amide bonds. The van der Waals surface area contributed by atoms with E-state index in [-0.39, 0.29) is 5.91 Å². The van der Waals surface area contributed by atoms with Gasteiger partial charge < -0.3 is 10.6 Å². The number of benzene rings is 2. The first kappa shape index (κ1) is 12.7. The highest BCUT2D eigenvalue weighted by Gasteiger charge is 2.20. The van der Waals surface area contributed by atoms with Gasteiger partial charge in [-0.3, -0.25) is 4.79 Å². The van der Waals surface area contributed by atoms with Gasteiger partial charge in [0.1, 0.15) is 0 Å². The van der Waals surface area contributed by atoms with Gasteiger partial charge in [0.05, 0.1) is 0 Å². The molecule has 2 aromatic rings. The van der Waals surface area contributed by atoms with Crippen LogP contribution in [0.25, 0.3) is 0 Å². The lowest BCUT2D eigenvalue weighted by Gasteiger charge is -2.08. The first-order chi connectivity index (χ1) is 9.70. The normalized spacial score (nSPS) is 13.8. The lowest BCUT2D eigenvalue weighted by atomic mass is 10.1. The van der Waals surface area contributed by atoms with Crippen LogP contribution in [-0.2, 0) is 0 Å². The number of hydrogen-bond acceptors (Lipinski definition) is 2. The topological polar surface area (TPSA) is 41.1 Å². The number of amides is 1. The second-order valence-corrected chi connectivity index (χ2v) is 5.32. The Labute approximate surface area is 119 Å². The van der Waals surface area contributed by atoms with E-state index >= 15 is 0 Å². The molecule has 0 spiro atoms. The van der Waals surface area contributed by atoms with Gasteiger partial charge in [0.25, 0.3) is 5.91 Å². The van der Waals surface area contributed by atoms with E-state index in [9.17, 15) is 4.79 Å². The third-order valence-electron chi connectivity index (χ3n) is 3.40. The first-order valence-electron chi connectivity index (χ1n) is 6.95. The molecule has 3 rings (SSSR count). The standard InChI is InChI=1S/C17H18N2O/c1-12-2-4-13(5-3-12)17(20)19-16-10-8-15(9-11-16)18-14-6-7-14/h2-5,8-11,14,18H,6-7H2,1H3,(H,19,20). The molecule has 0 aliphatic heterocycles. The minimum Gasteiger partial charge on any atom is -0.382 e. The monoisotopic (exact) mass is 266 g/mol. The van der Waals surface area contributed by atoms with E-state index in [1.54, 1.807) is 0 Å². The summed E-state index contributed by atoms with van der Waals surface area (Å²) >= 11 is 0. The van der Waals surface area contributed by atoms with Gasteiger partial charge in [-0.15, -0.1) is 0 Å². The van der Waals surface area contributed by atoms with Crippen molar-refractivity contribution in [2.75, 3.05) is 10.6 Å². The smallest absolute Gasteiger partial charge is 0.255 e. The highest BCUT2D eigenvalue weighted by molar-refractivity contribution is 6.04. The highest BCUT2D eigenvalue weighted by Crippen LogP contribution is 2.25. The summed E-state index contributed by atoms with van der Waals surface area (Å²) in [5.74, 6) is -0.0760. The molecule has 0 radical (unpaired) electrons. The Kier molecular flexibility index (Phi) is 3.42. The molecule has 3 heteroatoms. The molecule has 0 unspecified atom stereocenters. The van der Waals surface area contributed by atoms with Crippen molar-refractivity contribution in [3.05, 3.63) is 59.7 Å². The van der Waals surface area contributed by atoms with Crippen molar-refractivity contribution in [1.29, 1.82) is 0 Å². The molecule has 20 heavy (non-hydrogen) atoms. The largest absolute Gasteiger partial charge is 0.382 e. The molecule has 1 saturated carbocycles. The van der Waals surface area contributed by atoms with Crippen molar-refractivity contribution in [3.63, 3.8) is 0 Å². The molecule has 0 aromatic heterocycles. The Balaban J connectivity index is 1.64. The number of nitrogens with one attached hydrogen (secondary N) is 2. The number of hydrogen-bond donors (Lipinski definition) is 2. The minimum atomic E-state index is -0.0760. The van der Waals surface area contributed by atoms with Crippen molar-refractivity contribution >= 4 is 17.3 Å². The maximum atomic E-state index is 12.1. The molecule has 0 heterocycles. The SMILES string of the molecule is Cc1ccc(C(=O)Nc2ccc(NC3CC3)cc2)cc1. The molecule has 0 atom stereocenters. The molecule has 0 bridgehead atoms. The second-order valence-electron chi connectivity index (χ2n) is 5.32. The summed E-state index contributed by atoms with van der Waals surface area (Å²) in [7, 11) is 0. The fraction of sp³-hybridized carbons (Fsp3) is 0.235. The van der Waals surface area contributed by atoms with Gasteiger partial charge in [-0.2, -0.15) is 0 Å². The van der Waals surface area contributed by atoms with Crippen LogP contribution in [0.5, 0.6) is 0 Å². The lowest BCUT2D eigenvalue weighted by Crippen LogP contribution is -2.11. The van der Waals surface area contributed by atoms with E-state index < -0.39 is 0 Å². The quantitative estimate of drug-likeness (QED) is 0.883. The predicted octanol–water partition coefficient (Wildman–Crippen LogP) is 3.82. The van der Waals surface area contributed by atoms with E-state index in [0.717, 1.165) is 16.9 Å². The van der Waals surface area contributed by atoms with Gasteiger partial charge in [0.15, 0.2) is 0 Å². The molecule has 102 valence electrons. The number of anilines is 2. The van der Waals surface area contributed by atoms with E-state index in [1.807, 2.05) is 55.5 Å². The highest BCUT2D eigenvalue weighted by atomic mass is 16.1. The molecule has 1 aliphatic carbocycles. The van der Waals surface area contributed by atoms with E-state index in [2.05, 4.69) is 10.6 Å². The van der Waals surface area contributed by atoms with Crippen LogP contribution in [0, 0.1) is 6.92 Å². The average molecular weight is 266 g/mol. The molecule has 2 aromatic carbocycles. The zero-order valence-electron chi connectivity index (χ0n) is 11.5. The third kappa shape index (κ3) is 3.18. The van der Waals surface area contributed by atoms with Crippen molar-refractivity contribution in [2.24, 2.45) is 0 Å². The first-order valence-corrected chi connectivity index (χ1v) is 6.95. The van der Waals surface area contributed by atoms with Gasteiger partial charge in [0.2, 0.25) is 0 Å². The summed E-state index contributed by atoms with van der Waals surface area (Å²) in [6.45, 7) is 2.01. The predicted molar refractivity (Wildman–Crippen MR) is 82.2 cm³/mol. The molecular weight excluding hydrogens is 248 g/mol. The van der Waals surface area contributed by atoms with Crippen LogP contribution in [0.15, 0.2) is 48.5 Å². The molecule has 1 aliphatic rings. The third-order valence-corrected chi connectivity index (χ3v) is 3.40. The minimum absolute atomic E-state index is 0.0760. The Hall–Kier alpha value is -2.29. The lowest BCUT2D eigenvalue weighted by molar-refractivity contribution is 0.102. The molecule has 0 saturated heterocycles. The van der Waals surface area contributed by atoms with Crippen molar-refractivity contribution in [1.82, 2.24) is 0 Å². The Morgan fingerprint density at radius 1 is 0.950 bits per heavy atom. The Morgan fingerprint density at radius 2 is 1.55 bits per heavy atom. The van der Waals surface area contributed by atoms with Crippen LogP contribution in [0.4, 0.5) is 11.4 Å². The molecule has 3 nitrogen and oxygen atoms in total. The van der Waals surface area contributed by atoms with Gasteiger partial charge in [-0.1, -0.05) is 17.7 Å². The van der Waals surface area contributed by atoms with Crippen molar-refractivity contribution in [3.8, 4) is 0 Å². The number of carbonyl (C=O) groups excluding carboxylic acids is 1. The Bertz CT molecular complexity index is 598. The van der Waals surface area contributed by atoms with E-state index in [0.29, 0.717) is 11.6 Å². The summed E-state index contributed by atoms with van der Waals surface area (Å²) in [6.07, 6.45) is 2.51. The van der Waals surface area contributed by atoms with Crippen molar-refractivity contribution < 1.29 is 4.79 Å². The van der Waals surface area contributed by atoms with Gasteiger partial charge in [-0.25, -0.2) is 0 Å². The van der Waals surface area contributed by atoms with Crippen LogP contribution >= 0.6 is 0 Å². The van der Waals surface area contributed by atoms with Crippen molar-refractivity contribution in [2.45, 2.75) is 25.8 Å². The zero-order chi connectivity index (χ0) is 13.9. The zero-order valence-corrected chi connectivity index (χ0v) is 11.5. The summed E-state index contributed by atoms with van der Waals surface area (Å²) < 4.78 is 0. The number of carbonyl (C=O) groups is 1. The number of aryl methyl sites for hydroxylation is 1. The second kappa shape index (κ2) is 5.37. The summed E-state index contributed by atoms with van der Waals surface area (Å²) in [5.41, 5.74) is 3.76. The summed E-state index contributed by atoms with van der Waals surface area (Å²) in [6, 6.07) is 16.1. The van der Waals surface area contributed by atoms with Crippen LogP contribution in [-0.4, -0.2) is 11.9 Å². The molecular formula is C17H18N2O. The van der Waals surface area contributed by atoms with Crippen LogP contribution in [0.1, 0.15) is 28.8 Å². The van der Waals surface area contributed by atoms with Gasteiger partial charge >= 0.3 is 0 Å². The average Bonchev–Trinajstić information content (AvgIpc) is 3.26. The Morgan fingerprint density at radius 3 is 2.15 bits per heavy atom. The fourth-order valence-corrected chi connectivity index (χ4v) is 2.02. The van der Waals surface area contributed by atoms with E-state index in [1.165, 1.54) is 12.8 Å². The fourth-order valence-electron chi connectivity index (χ4n) is 2.02. The maximum Gasteiger partial charge on any atom is 0.255 e. The number of rotatable bonds is 4. The van der Waals surface area contributed by atoms with Crippen LogP contribution < -0.4 is 10.6 Å². The van der Waals surface area contributed by atoms with Gasteiger partial charge in [0, 0.05) is 23.0 Å². The van der Waals surface area contributed by atoms with Gasteiger partial charge in [-0.05, 0) is 56.2 Å². The summed E-state index contributed by atoms with van der Waals surface area (Å²) in [5, 5.41) is 6.33. The van der Waals surface area contributed by atoms with Crippen LogP contribution in [0.3, 0.4) is 0 Å². The maximum absolute atomic E-state index is 12.1. The molecule has 2 N–H and O–H groups in total. The van der Waals surface area contributed by atoms with Crippen LogP contribution in [0.2, 0.25) is 0 Å². The summed E-state index contributed by atoms with van der Waals surface area (Å²) in [4.78, 5) is 12.1.